The van der Waals surface area contributed by atoms with Gasteiger partial charge in [0, 0.05) is 6.42 Å². The lowest BCUT2D eigenvalue weighted by Gasteiger charge is -1.95. The maximum atomic E-state index is 12.2. The Bertz CT molecular complexity index is 138. The molecule has 0 aliphatic heterocycles. The van der Waals surface area contributed by atoms with Gasteiger partial charge in [-0.15, -0.1) is 0 Å². The van der Waals surface area contributed by atoms with E-state index < -0.39 is 4.59 Å². The molecule has 58 valence electrons. The molecule has 10 heavy (non-hydrogen) atoms. The fourth-order valence-electron chi connectivity index (χ4n) is 0.428. The predicted octanol–water partition coefficient (Wildman–Crippen LogP) is 3.28. The van der Waals surface area contributed by atoms with E-state index in [2.05, 4.69) is 11.8 Å². The van der Waals surface area contributed by atoms with Crippen LogP contribution in [0, 0.1) is 11.8 Å². The summed E-state index contributed by atoms with van der Waals surface area (Å²) in [6.07, 6.45) is 2.65. The van der Waals surface area contributed by atoms with Crippen LogP contribution in [0.25, 0.3) is 0 Å². The van der Waals surface area contributed by atoms with Gasteiger partial charge in [0.25, 0.3) is 0 Å². The molecule has 0 aromatic heterocycles. The van der Waals surface area contributed by atoms with Crippen LogP contribution in [0.1, 0.15) is 26.2 Å². The van der Waals surface area contributed by atoms with Gasteiger partial charge in [0.15, 0.2) is 0 Å². The smallest absolute Gasteiger partial charge is 0.193 e. The molecule has 0 aliphatic rings. The molecular formula is C7H9Cl2F. The first-order chi connectivity index (χ1) is 4.56. The SMILES string of the molecule is CCCCC#CC(F)(Cl)Cl. The molecule has 0 nitrogen and oxygen atoms in total. The summed E-state index contributed by atoms with van der Waals surface area (Å²) in [5.74, 6) is 4.61. The predicted molar refractivity (Wildman–Crippen MR) is 42.8 cm³/mol. The van der Waals surface area contributed by atoms with Crippen molar-refractivity contribution in [1.82, 2.24) is 0 Å². The van der Waals surface area contributed by atoms with Gasteiger partial charge >= 0.3 is 4.59 Å². The normalized spacial score (nSPS) is 10.4. The van der Waals surface area contributed by atoms with Crippen molar-refractivity contribution in [3.05, 3.63) is 0 Å². The third-order valence-corrected chi connectivity index (χ3v) is 1.07. The highest BCUT2D eigenvalue weighted by Crippen LogP contribution is 2.20. The average molecular weight is 183 g/mol. The Morgan fingerprint density at radius 1 is 1.50 bits per heavy atom. The average Bonchev–Trinajstić information content (AvgIpc) is 1.78. The largest absolute Gasteiger partial charge is 0.319 e. The third kappa shape index (κ3) is 8.07. The summed E-state index contributed by atoms with van der Waals surface area (Å²) in [6, 6.07) is 0. The molecule has 0 amide bonds. The minimum Gasteiger partial charge on any atom is -0.193 e. The second-order valence-electron chi connectivity index (χ2n) is 1.90. The van der Waals surface area contributed by atoms with Crippen LogP contribution in [-0.4, -0.2) is 4.59 Å². The highest BCUT2D eigenvalue weighted by molar-refractivity contribution is 6.49. The van der Waals surface area contributed by atoms with Gasteiger partial charge in [-0.05, 0) is 12.3 Å². The van der Waals surface area contributed by atoms with E-state index in [0.29, 0.717) is 6.42 Å². The van der Waals surface area contributed by atoms with Crippen molar-refractivity contribution in [2.75, 3.05) is 0 Å². The Kier molecular flexibility index (Phi) is 4.85. The highest BCUT2D eigenvalue weighted by atomic mass is 35.5. The number of unbranched alkanes of at least 4 members (excludes halogenated alkanes) is 2. The number of hydrogen-bond donors (Lipinski definition) is 0. The lowest BCUT2D eigenvalue weighted by atomic mass is 10.2. The Labute approximate surface area is 70.7 Å². The topological polar surface area (TPSA) is 0 Å². The number of hydrogen-bond acceptors (Lipinski definition) is 0. The van der Waals surface area contributed by atoms with Gasteiger partial charge in [-0.25, -0.2) is 0 Å². The fourth-order valence-corrected chi connectivity index (χ4v) is 0.562. The minimum atomic E-state index is -2.37. The van der Waals surface area contributed by atoms with E-state index in [9.17, 15) is 4.39 Å². The Hall–Kier alpha value is 0.0700. The van der Waals surface area contributed by atoms with E-state index in [1.807, 2.05) is 6.92 Å². The van der Waals surface area contributed by atoms with Gasteiger partial charge in [-0.1, -0.05) is 42.5 Å². The number of rotatable bonds is 2. The minimum absolute atomic E-state index is 0.654. The van der Waals surface area contributed by atoms with Crippen molar-refractivity contribution in [3.63, 3.8) is 0 Å². The van der Waals surface area contributed by atoms with Gasteiger partial charge in [0.1, 0.15) is 0 Å². The molecule has 3 heteroatoms. The van der Waals surface area contributed by atoms with E-state index in [1.54, 1.807) is 0 Å². The first-order valence-electron chi connectivity index (χ1n) is 3.13. The van der Waals surface area contributed by atoms with Crippen molar-refractivity contribution >= 4 is 23.2 Å². The summed E-state index contributed by atoms with van der Waals surface area (Å²) in [6.45, 7) is 2.03. The van der Waals surface area contributed by atoms with Crippen LogP contribution in [0.3, 0.4) is 0 Å². The Balaban J connectivity index is 3.50. The van der Waals surface area contributed by atoms with Crippen molar-refractivity contribution in [3.8, 4) is 11.8 Å². The summed E-state index contributed by atoms with van der Waals surface area (Å²) >= 11 is 9.87. The molecule has 0 heterocycles. The molecule has 0 rings (SSSR count). The van der Waals surface area contributed by atoms with Crippen LogP contribution >= 0.6 is 23.2 Å². The molecule has 0 aromatic carbocycles. The molecule has 0 unspecified atom stereocenters. The standard InChI is InChI=1S/C7H9Cl2F/c1-2-3-4-5-6-7(8,9)10/h2-4H2,1H3. The molecule has 0 atom stereocenters. The molecule has 0 N–H and O–H groups in total. The first kappa shape index (κ1) is 10.1. The van der Waals surface area contributed by atoms with E-state index in [0.717, 1.165) is 12.8 Å². The van der Waals surface area contributed by atoms with Gasteiger partial charge in [-0.3, -0.25) is 0 Å². The molecule has 0 bridgehead atoms. The molecule has 0 spiro atoms. The van der Waals surface area contributed by atoms with E-state index in [-0.39, 0.29) is 0 Å². The first-order valence-corrected chi connectivity index (χ1v) is 3.88. The van der Waals surface area contributed by atoms with Crippen molar-refractivity contribution in [1.29, 1.82) is 0 Å². The molecular weight excluding hydrogens is 174 g/mol. The monoisotopic (exact) mass is 182 g/mol. The van der Waals surface area contributed by atoms with Crippen molar-refractivity contribution in [2.45, 2.75) is 30.8 Å². The van der Waals surface area contributed by atoms with Crippen LogP contribution in [0.2, 0.25) is 0 Å². The van der Waals surface area contributed by atoms with E-state index in [1.165, 1.54) is 0 Å². The maximum Gasteiger partial charge on any atom is 0.319 e. The lowest BCUT2D eigenvalue weighted by Crippen LogP contribution is -1.96. The summed E-state index contributed by atoms with van der Waals surface area (Å²) in [5, 5.41) is 0. The van der Waals surface area contributed by atoms with Crippen LogP contribution in [0.4, 0.5) is 4.39 Å². The van der Waals surface area contributed by atoms with Gasteiger partial charge in [0.2, 0.25) is 0 Å². The summed E-state index contributed by atoms with van der Waals surface area (Å²) < 4.78 is 9.81. The third-order valence-electron chi connectivity index (χ3n) is 0.885. The summed E-state index contributed by atoms with van der Waals surface area (Å²) in [4.78, 5) is 0. The molecule has 0 saturated heterocycles. The van der Waals surface area contributed by atoms with Gasteiger partial charge in [0.05, 0.1) is 0 Å². The molecule has 0 radical (unpaired) electrons. The Morgan fingerprint density at radius 3 is 2.50 bits per heavy atom. The number of halogens is 3. The zero-order valence-corrected chi connectivity index (χ0v) is 7.27. The molecule has 0 aromatic rings. The van der Waals surface area contributed by atoms with E-state index in [4.69, 9.17) is 23.2 Å². The highest BCUT2D eigenvalue weighted by Gasteiger charge is 2.16. The van der Waals surface area contributed by atoms with Crippen LogP contribution < -0.4 is 0 Å². The molecule has 0 saturated carbocycles. The van der Waals surface area contributed by atoms with Crippen LogP contribution in [0.5, 0.6) is 0 Å². The lowest BCUT2D eigenvalue weighted by molar-refractivity contribution is 0.476. The maximum absolute atomic E-state index is 12.2. The summed E-state index contributed by atoms with van der Waals surface area (Å²) in [5.41, 5.74) is 0. The van der Waals surface area contributed by atoms with Crippen LogP contribution in [-0.2, 0) is 0 Å². The van der Waals surface area contributed by atoms with Crippen LogP contribution in [0.15, 0.2) is 0 Å². The van der Waals surface area contributed by atoms with E-state index >= 15 is 0 Å². The molecule has 0 fully saturated rings. The second kappa shape index (κ2) is 4.82. The van der Waals surface area contributed by atoms with Crippen molar-refractivity contribution in [2.24, 2.45) is 0 Å². The Morgan fingerprint density at radius 2 is 2.10 bits per heavy atom. The fraction of sp³-hybridized carbons (Fsp3) is 0.714. The number of alkyl halides is 3. The van der Waals surface area contributed by atoms with Crippen molar-refractivity contribution < 1.29 is 4.39 Å². The second-order valence-corrected chi connectivity index (χ2v) is 3.14. The zero-order chi connectivity index (χ0) is 8.04. The quantitative estimate of drug-likeness (QED) is 0.350. The molecule has 0 aliphatic carbocycles. The zero-order valence-electron chi connectivity index (χ0n) is 5.76. The van der Waals surface area contributed by atoms with Gasteiger partial charge in [-0.2, -0.15) is 4.39 Å². The van der Waals surface area contributed by atoms with Gasteiger partial charge < -0.3 is 0 Å². The summed E-state index contributed by atoms with van der Waals surface area (Å²) in [7, 11) is 0.